The molecule has 0 aliphatic rings. The Morgan fingerprint density at radius 2 is 2.00 bits per heavy atom. The smallest absolute Gasteiger partial charge is 0.224 e. The molecule has 0 aliphatic heterocycles. The molecule has 0 spiro atoms. The maximum Gasteiger partial charge on any atom is 0.224 e. The Kier molecular flexibility index (Phi) is 2.97. The maximum atomic E-state index is 5.95. The first-order valence-corrected chi connectivity index (χ1v) is 5.63. The lowest BCUT2D eigenvalue weighted by Crippen LogP contribution is -2.12. The minimum atomic E-state index is 0.303. The maximum absolute atomic E-state index is 5.95. The number of hydrogen-bond acceptors (Lipinski definition) is 3. The molecular weight excluding hydrogens is 222 g/mol. The Labute approximate surface area is 100 Å². The van der Waals surface area contributed by atoms with E-state index in [0.29, 0.717) is 5.28 Å². The number of para-hydroxylation sites is 1. The number of fused-ring (bicyclic) bond motifs is 1. The van der Waals surface area contributed by atoms with Crippen molar-refractivity contribution in [3.8, 4) is 0 Å². The summed E-state index contributed by atoms with van der Waals surface area (Å²) in [5.41, 5.74) is 2.15. The van der Waals surface area contributed by atoms with Crippen molar-refractivity contribution in [3.05, 3.63) is 29.0 Å². The molecule has 16 heavy (non-hydrogen) atoms. The fourth-order valence-corrected chi connectivity index (χ4v) is 1.96. The van der Waals surface area contributed by atoms with Crippen LogP contribution in [-0.4, -0.2) is 24.1 Å². The normalized spacial score (nSPS) is 10.8. The first kappa shape index (κ1) is 11.1. The van der Waals surface area contributed by atoms with Crippen molar-refractivity contribution in [1.82, 2.24) is 9.97 Å². The highest BCUT2D eigenvalue weighted by Gasteiger charge is 2.10. The molecule has 2 rings (SSSR count). The van der Waals surface area contributed by atoms with Crippen LogP contribution in [0.25, 0.3) is 10.9 Å². The second-order valence-electron chi connectivity index (χ2n) is 3.88. The van der Waals surface area contributed by atoms with Gasteiger partial charge in [-0.1, -0.05) is 19.1 Å². The molecule has 4 heteroatoms. The van der Waals surface area contributed by atoms with E-state index in [-0.39, 0.29) is 0 Å². The number of benzene rings is 1. The van der Waals surface area contributed by atoms with Gasteiger partial charge in [0, 0.05) is 19.5 Å². The third kappa shape index (κ3) is 1.83. The van der Waals surface area contributed by atoms with Crippen LogP contribution in [-0.2, 0) is 6.42 Å². The van der Waals surface area contributed by atoms with Gasteiger partial charge < -0.3 is 4.90 Å². The quantitative estimate of drug-likeness (QED) is 0.750. The number of anilines is 1. The van der Waals surface area contributed by atoms with Gasteiger partial charge in [-0.2, -0.15) is 4.98 Å². The lowest BCUT2D eigenvalue weighted by Gasteiger charge is -2.15. The summed E-state index contributed by atoms with van der Waals surface area (Å²) in [7, 11) is 3.91. The Morgan fingerprint density at radius 3 is 2.62 bits per heavy atom. The third-order valence-corrected chi connectivity index (χ3v) is 2.74. The third-order valence-electron chi connectivity index (χ3n) is 2.57. The standard InChI is InChI=1S/C12H14ClN3/c1-4-8-6-5-7-9-10(8)14-12(13)15-11(9)16(2)3/h5-7H,4H2,1-3H3. The molecule has 0 aliphatic carbocycles. The summed E-state index contributed by atoms with van der Waals surface area (Å²) in [6, 6.07) is 6.14. The zero-order valence-electron chi connectivity index (χ0n) is 9.66. The highest BCUT2D eigenvalue weighted by molar-refractivity contribution is 6.28. The lowest BCUT2D eigenvalue weighted by atomic mass is 10.1. The van der Waals surface area contributed by atoms with Crippen LogP contribution in [0.4, 0.5) is 5.82 Å². The van der Waals surface area contributed by atoms with Crippen LogP contribution in [0.15, 0.2) is 18.2 Å². The monoisotopic (exact) mass is 235 g/mol. The molecule has 0 bridgehead atoms. The SMILES string of the molecule is CCc1cccc2c(N(C)C)nc(Cl)nc12. The number of rotatable bonds is 2. The van der Waals surface area contributed by atoms with Gasteiger partial charge in [0.1, 0.15) is 5.82 Å². The van der Waals surface area contributed by atoms with E-state index in [0.717, 1.165) is 23.1 Å². The van der Waals surface area contributed by atoms with E-state index in [4.69, 9.17) is 11.6 Å². The number of nitrogens with zero attached hydrogens (tertiary/aromatic N) is 3. The van der Waals surface area contributed by atoms with Crippen molar-refractivity contribution in [2.24, 2.45) is 0 Å². The van der Waals surface area contributed by atoms with Crippen molar-refractivity contribution < 1.29 is 0 Å². The molecule has 0 amide bonds. The van der Waals surface area contributed by atoms with Crippen LogP contribution in [0.3, 0.4) is 0 Å². The molecular formula is C12H14ClN3. The van der Waals surface area contributed by atoms with E-state index in [2.05, 4.69) is 23.0 Å². The highest BCUT2D eigenvalue weighted by atomic mass is 35.5. The molecule has 0 unspecified atom stereocenters. The molecule has 0 atom stereocenters. The minimum absolute atomic E-state index is 0.303. The average Bonchev–Trinajstić information content (AvgIpc) is 2.27. The van der Waals surface area contributed by atoms with E-state index < -0.39 is 0 Å². The molecule has 2 aromatic rings. The number of hydrogen-bond donors (Lipinski definition) is 0. The second kappa shape index (κ2) is 4.26. The van der Waals surface area contributed by atoms with Gasteiger partial charge in [0.2, 0.25) is 5.28 Å². The minimum Gasteiger partial charge on any atom is -0.362 e. The summed E-state index contributed by atoms with van der Waals surface area (Å²) in [6.07, 6.45) is 0.942. The van der Waals surface area contributed by atoms with Crippen LogP contribution in [0, 0.1) is 0 Å². The molecule has 1 aromatic carbocycles. The van der Waals surface area contributed by atoms with Crippen molar-refractivity contribution in [1.29, 1.82) is 0 Å². The predicted molar refractivity (Wildman–Crippen MR) is 68.3 cm³/mol. The first-order chi connectivity index (χ1) is 7.63. The van der Waals surface area contributed by atoms with Crippen molar-refractivity contribution in [3.63, 3.8) is 0 Å². The highest BCUT2D eigenvalue weighted by Crippen LogP contribution is 2.26. The van der Waals surface area contributed by atoms with Crippen LogP contribution >= 0.6 is 11.6 Å². The Balaban J connectivity index is 2.83. The van der Waals surface area contributed by atoms with E-state index in [9.17, 15) is 0 Å². The summed E-state index contributed by atoms with van der Waals surface area (Å²) in [5.74, 6) is 0.866. The fourth-order valence-electron chi connectivity index (χ4n) is 1.79. The Hall–Kier alpha value is -1.35. The second-order valence-corrected chi connectivity index (χ2v) is 4.22. The van der Waals surface area contributed by atoms with Gasteiger partial charge in [-0.15, -0.1) is 0 Å². The zero-order chi connectivity index (χ0) is 11.7. The van der Waals surface area contributed by atoms with Gasteiger partial charge >= 0.3 is 0 Å². The molecule has 0 saturated carbocycles. The first-order valence-electron chi connectivity index (χ1n) is 5.26. The van der Waals surface area contributed by atoms with E-state index in [1.807, 2.05) is 31.1 Å². The number of aryl methyl sites for hydroxylation is 1. The van der Waals surface area contributed by atoms with Gasteiger partial charge in [-0.25, -0.2) is 4.98 Å². The van der Waals surface area contributed by atoms with Crippen molar-refractivity contribution in [2.75, 3.05) is 19.0 Å². The van der Waals surface area contributed by atoms with Gasteiger partial charge in [-0.05, 0) is 29.7 Å². The van der Waals surface area contributed by atoms with Crippen LogP contribution in [0.1, 0.15) is 12.5 Å². The van der Waals surface area contributed by atoms with Gasteiger partial charge in [0.25, 0.3) is 0 Å². The molecule has 0 saturated heterocycles. The van der Waals surface area contributed by atoms with Gasteiger partial charge in [0.15, 0.2) is 0 Å². The summed E-state index contributed by atoms with van der Waals surface area (Å²) < 4.78 is 0. The summed E-state index contributed by atoms with van der Waals surface area (Å²) in [6.45, 7) is 2.11. The van der Waals surface area contributed by atoms with Gasteiger partial charge in [-0.3, -0.25) is 0 Å². The molecule has 0 fully saturated rings. The summed E-state index contributed by atoms with van der Waals surface area (Å²) in [5, 5.41) is 1.35. The topological polar surface area (TPSA) is 29.0 Å². The van der Waals surface area contributed by atoms with Crippen molar-refractivity contribution in [2.45, 2.75) is 13.3 Å². The summed E-state index contributed by atoms with van der Waals surface area (Å²) >= 11 is 5.95. The molecule has 84 valence electrons. The van der Waals surface area contributed by atoms with E-state index >= 15 is 0 Å². The summed E-state index contributed by atoms with van der Waals surface area (Å²) in [4.78, 5) is 10.5. The van der Waals surface area contributed by atoms with Crippen molar-refractivity contribution >= 4 is 28.3 Å². The zero-order valence-corrected chi connectivity index (χ0v) is 10.4. The molecule has 0 radical (unpaired) electrons. The number of aromatic nitrogens is 2. The lowest BCUT2D eigenvalue weighted by molar-refractivity contribution is 1.05. The molecule has 1 aromatic heterocycles. The van der Waals surface area contributed by atoms with E-state index in [1.165, 1.54) is 5.56 Å². The Morgan fingerprint density at radius 1 is 1.25 bits per heavy atom. The van der Waals surface area contributed by atoms with Crippen LogP contribution < -0.4 is 4.90 Å². The Bertz CT molecular complexity index is 523. The molecule has 1 heterocycles. The van der Waals surface area contributed by atoms with E-state index in [1.54, 1.807) is 0 Å². The number of halogens is 1. The largest absolute Gasteiger partial charge is 0.362 e. The molecule has 3 nitrogen and oxygen atoms in total. The predicted octanol–water partition coefficient (Wildman–Crippen LogP) is 2.91. The van der Waals surface area contributed by atoms with Gasteiger partial charge in [0.05, 0.1) is 5.52 Å². The average molecular weight is 236 g/mol. The fraction of sp³-hybridized carbons (Fsp3) is 0.333. The van der Waals surface area contributed by atoms with Crippen LogP contribution in [0.2, 0.25) is 5.28 Å². The van der Waals surface area contributed by atoms with Crippen LogP contribution in [0.5, 0.6) is 0 Å². The molecule has 0 N–H and O–H groups in total.